The minimum absolute atomic E-state index is 0.0438. The minimum atomic E-state index is -0.272. The van der Waals surface area contributed by atoms with Gasteiger partial charge in [-0.25, -0.2) is 0 Å². The molecule has 0 aliphatic carbocycles. The number of hydrogen-bond acceptors (Lipinski definition) is 5. The highest BCUT2D eigenvalue weighted by Gasteiger charge is 2.38. The van der Waals surface area contributed by atoms with Gasteiger partial charge in [0.05, 0.1) is 24.4 Å². The standard InChI is InChI=1S/C15H25BrN2O2S/c1-4-12(17)14(13-5-10(16)8-21-13)18-6-11(7-19)20-15(2,3)9-18/h5,8,11-12,14,19H,4,6-7,9,17H2,1-3H3. The molecule has 3 N–H and O–H groups in total. The Balaban J connectivity index is 2.27. The van der Waals surface area contributed by atoms with Crippen LogP contribution in [0.1, 0.15) is 38.1 Å². The Hall–Kier alpha value is 0.0200. The van der Waals surface area contributed by atoms with Crippen LogP contribution in [-0.2, 0) is 4.74 Å². The fraction of sp³-hybridized carbons (Fsp3) is 0.733. The van der Waals surface area contributed by atoms with Gasteiger partial charge in [-0.1, -0.05) is 6.92 Å². The van der Waals surface area contributed by atoms with E-state index >= 15 is 0 Å². The van der Waals surface area contributed by atoms with Gasteiger partial charge < -0.3 is 15.6 Å². The van der Waals surface area contributed by atoms with E-state index in [1.807, 2.05) is 0 Å². The Labute approximate surface area is 139 Å². The van der Waals surface area contributed by atoms with Gasteiger partial charge in [0.1, 0.15) is 0 Å². The predicted octanol–water partition coefficient (Wildman–Crippen LogP) is 2.76. The first-order chi connectivity index (χ1) is 9.86. The van der Waals surface area contributed by atoms with Gasteiger partial charge in [0.15, 0.2) is 0 Å². The number of hydrogen-bond donors (Lipinski definition) is 2. The number of morpholine rings is 1. The molecule has 3 atom stereocenters. The highest BCUT2D eigenvalue weighted by Crippen LogP contribution is 2.35. The molecule has 4 nitrogen and oxygen atoms in total. The van der Waals surface area contributed by atoms with Gasteiger partial charge in [0, 0.05) is 33.9 Å². The summed E-state index contributed by atoms with van der Waals surface area (Å²) in [7, 11) is 0. The van der Waals surface area contributed by atoms with E-state index in [1.54, 1.807) is 11.3 Å². The van der Waals surface area contributed by atoms with Crippen molar-refractivity contribution in [1.82, 2.24) is 4.90 Å². The van der Waals surface area contributed by atoms with Gasteiger partial charge in [-0.15, -0.1) is 11.3 Å². The fourth-order valence-electron chi connectivity index (χ4n) is 3.02. The Morgan fingerprint density at radius 2 is 2.33 bits per heavy atom. The molecule has 0 radical (unpaired) electrons. The first kappa shape index (κ1) is 17.4. The normalized spacial score (nSPS) is 25.7. The number of rotatable bonds is 5. The zero-order chi connectivity index (χ0) is 15.6. The van der Waals surface area contributed by atoms with Crippen molar-refractivity contribution >= 4 is 27.3 Å². The van der Waals surface area contributed by atoms with E-state index in [2.05, 4.69) is 53.0 Å². The van der Waals surface area contributed by atoms with Crippen molar-refractivity contribution in [2.45, 2.75) is 51.0 Å². The molecule has 0 bridgehead atoms. The largest absolute Gasteiger partial charge is 0.394 e. The van der Waals surface area contributed by atoms with E-state index in [1.165, 1.54) is 4.88 Å². The van der Waals surface area contributed by atoms with E-state index in [0.717, 1.165) is 17.4 Å². The lowest BCUT2D eigenvalue weighted by molar-refractivity contribution is -0.158. The van der Waals surface area contributed by atoms with Crippen molar-refractivity contribution in [3.05, 3.63) is 20.8 Å². The summed E-state index contributed by atoms with van der Waals surface area (Å²) < 4.78 is 7.02. The summed E-state index contributed by atoms with van der Waals surface area (Å²) in [4.78, 5) is 3.64. The second-order valence-corrected chi connectivity index (χ2v) is 8.15. The summed E-state index contributed by atoms with van der Waals surface area (Å²) in [5.74, 6) is 0. The number of halogens is 1. The average molecular weight is 377 g/mol. The van der Waals surface area contributed by atoms with Crippen molar-refractivity contribution in [2.24, 2.45) is 5.73 Å². The van der Waals surface area contributed by atoms with Crippen molar-refractivity contribution in [3.8, 4) is 0 Å². The van der Waals surface area contributed by atoms with Crippen molar-refractivity contribution in [3.63, 3.8) is 0 Å². The quantitative estimate of drug-likeness (QED) is 0.829. The van der Waals surface area contributed by atoms with Gasteiger partial charge in [0.25, 0.3) is 0 Å². The van der Waals surface area contributed by atoms with E-state index in [-0.39, 0.29) is 30.4 Å². The third-order valence-corrected chi connectivity index (χ3v) is 5.63. The van der Waals surface area contributed by atoms with Crippen LogP contribution in [0.4, 0.5) is 0 Å². The number of ether oxygens (including phenoxy) is 1. The SMILES string of the molecule is CCC(N)C(c1cc(Br)cs1)N1CC(CO)OC(C)(C)C1. The average Bonchev–Trinajstić information content (AvgIpc) is 2.83. The summed E-state index contributed by atoms with van der Waals surface area (Å²) in [6.07, 6.45) is 0.769. The van der Waals surface area contributed by atoms with Crippen LogP contribution in [0, 0.1) is 0 Å². The van der Waals surface area contributed by atoms with Crippen LogP contribution in [-0.4, -0.2) is 47.4 Å². The van der Waals surface area contributed by atoms with Gasteiger partial charge in [-0.2, -0.15) is 0 Å². The van der Waals surface area contributed by atoms with Crippen LogP contribution in [0.2, 0.25) is 0 Å². The maximum Gasteiger partial charge on any atom is 0.0940 e. The van der Waals surface area contributed by atoms with E-state index < -0.39 is 0 Å². The molecule has 21 heavy (non-hydrogen) atoms. The first-order valence-corrected chi connectivity index (χ1v) is 9.05. The molecular weight excluding hydrogens is 352 g/mol. The molecule has 0 aromatic carbocycles. The van der Waals surface area contributed by atoms with Gasteiger partial charge >= 0.3 is 0 Å². The van der Waals surface area contributed by atoms with Gasteiger partial charge in [-0.05, 0) is 42.3 Å². The molecule has 6 heteroatoms. The molecule has 1 aromatic heterocycles. The summed E-state index contributed by atoms with van der Waals surface area (Å²) in [6, 6.07) is 2.40. The van der Waals surface area contributed by atoms with E-state index in [0.29, 0.717) is 6.54 Å². The van der Waals surface area contributed by atoms with E-state index in [9.17, 15) is 5.11 Å². The second-order valence-electron chi connectivity index (χ2n) is 6.30. The third-order valence-electron chi connectivity index (χ3n) is 3.86. The van der Waals surface area contributed by atoms with Crippen LogP contribution in [0.3, 0.4) is 0 Å². The van der Waals surface area contributed by atoms with Crippen LogP contribution >= 0.6 is 27.3 Å². The lowest BCUT2D eigenvalue weighted by Crippen LogP contribution is -2.57. The van der Waals surface area contributed by atoms with Gasteiger partial charge in [-0.3, -0.25) is 4.90 Å². The van der Waals surface area contributed by atoms with Crippen LogP contribution in [0.15, 0.2) is 15.9 Å². The zero-order valence-electron chi connectivity index (χ0n) is 12.9. The Morgan fingerprint density at radius 3 is 2.86 bits per heavy atom. The zero-order valence-corrected chi connectivity index (χ0v) is 15.3. The molecule has 1 fully saturated rings. The van der Waals surface area contributed by atoms with Crippen LogP contribution in [0.25, 0.3) is 0 Å². The number of nitrogens with two attached hydrogens (primary N) is 1. The minimum Gasteiger partial charge on any atom is -0.394 e. The first-order valence-electron chi connectivity index (χ1n) is 7.38. The number of thiophene rings is 1. The molecule has 120 valence electrons. The van der Waals surface area contributed by atoms with Crippen LogP contribution in [0.5, 0.6) is 0 Å². The Kier molecular flexibility index (Phi) is 5.84. The van der Waals surface area contributed by atoms with Crippen LogP contribution < -0.4 is 5.73 Å². The fourth-order valence-corrected chi connectivity index (χ4v) is 4.67. The number of nitrogens with zero attached hydrogens (tertiary/aromatic N) is 1. The molecule has 1 saturated heterocycles. The maximum atomic E-state index is 9.51. The highest BCUT2D eigenvalue weighted by molar-refractivity contribution is 9.10. The lowest BCUT2D eigenvalue weighted by atomic mass is 9.97. The van der Waals surface area contributed by atoms with Crippen molar-refractivity contribution in [1.29, 1.82) is 0 Å². The third kappa shape index (κ3) is 4.27. The summed E-state index contributed by atoms with van der Waals surface area (Å²) in [5.41, 5.74) is 6.14. The monoisotopic (exact) mass is 376 g/mol. The molecule has 0 spiro atoms. The van der Waals surface area contributed by atoms with Crippen molar-refractivity contribution in [2.75, 3.05) is 19.7 Å². The summed E-state index contributed by atoms with van der Waals surface area (Å²) in [5, 5.41) is 11.6. The predicted molar refractivity (Wildman–Crippen MR) is 90.6 cm³/mol. The van der Waals surface area contributed by atoms with Crippen molar-refractivity contribution < 1.29 is 9.84 Å². The maximum absolute atomic E-state index is 9.51. The number of aliphatic hydroxyl groups is 1. The summed E-state index contributed by atoms with van der Waals surface area (Å²) >= 11 is 5.26. The molecular formula is C15H25BrN2O2S. The smallest absolute Gasteiger partial charge is 0.0940 e. The highest BCUT2D eigenvalue weighted by atomic mass is 79.9. The molecule has 2 rings (SSSR count). The molecule has 1 aliphatic rings. The van der Waals surface area contributed by atoms with Gasteiger partial charge in [0.2, 0.25) is 0 Å². The molecule has 0 amide bonds. The molecule has 1 aliphatic heterocycles. The molecule has 2 heterocycles. The molecule has 0 saturated carbocycles. The summed E-state index contributed by atoms with van der Waals surface area (Å²) in [6.45, 7) is 7.84. The number of aliphatic hydroxyl groups excluding tert-OH is 1. The van der Waals surface area contributed by atoms with E-state index in [4.69, 9.17) is 10.5 Å². The topological polar surface area (TPSA) is 58.7 Å². The molecule has 3 unspecified atom stereocenters. The molecule has 1 aromatic rings. The Morgan fingerprint density at radius 1 is 1.62 bits per heavy atom. The lowest BCUT2D eigenvalue weighted by Gasteiger charge is -2.46. The second kappa shape index (κ2) is 7.06. The Bertz CT molecular complexity index is 466.